The third-order valence-electron chi connectivity index (χ3n) is 5.32. The van der Waals surface area contributed by atoms with Gasteiger partial charge in [0.15, 0.2) is 11.5 Å². The third-order valence-corrected chi connectivity index (χ3v) is 5.32. The lowest BCUT2D eigenvalue weighted by atomic mass is 9.95. The van der Waals surface area contributed by atoms with Crippen molar-refractivity contribution in [2.24, 2.45) is 5.92 Å². The molecule has 8 nitrogen and oxygen atoms in total. The monoisotopic (exact) mass is 371 g/mol. The van der Waals surface area contributed by atoms with Crippen LogP contribution in [-0.4, -0.2) is 76.9 Å². The number of benzene rings is 1. The Morgan fingerprint density at radius 1 is 1.26 bits per heavy atom. The van der Waals surface area contributed by atoms with Gasteiger partial charge in [0.05, 0.1) is 19.6 Å². The molecule has 1 amide bonds. The van der Waals surface area contributed by atoms with Gasteiger partial charge in [-0.15, -0.1) is 0 Å². The number of amides is 1. The summed E-state index contributed by atoms with van der Waals surface area (Å²) in [5, 5.41) is 4.13. The SMILES string of the molecule is COc1cccc2c1OCC(C(=O)N1CCN(CCn3cncn3)CC1)C2. The zero-order valence-corrected chi connectivity index (χ0v) is 15.6. The Morgan fingerprint density at radius 2 is 2.11 bits per heavy atom. The molecule has 4 rings (SSSR count). The van der Waals surface area contributed by atoms with Crippen LogP contribution in [0.4, 0.5) is 0 Å². The van der Waals surface area contributed by atoms with Crippen LogP contribution in [0.2, 0.25) is 0 Å². The Kier molecular flexibility index (Phi) is 5.24. The number of para-hydroxylation sites is 1. The molecule has 0 saturated carbocycles. The summed E-state index contributed by atoms with van der Waals surface area (Å²) >= 11 is 0. The fraction of sp³-hybridized carbons (Fsp3) is 0.526. The van der Waals surface area contributed by atoms with Crippen molar-refractivity contribution in [2.75, 3.05) is 46.4 Å². The number of fused-ring (bicyclic) bond motifs is 1. The Morgan fingerprint density at radius 3 is 2.85 bits per heavy atom. The van der Waals surface area contributed by atoms with Crippen LogP contribution in [0.3, 0.4) is 0 Å². The first kappa shape index (κ1) is 17.8. The van der Waals surface area contributed by atoms with Crippen LogP contribution in [0.5, 0.6) is 11.5 Å². The molecule has 0 N–H and O–H groups in total. The van der Waals surface area contributed by atoms with E-state index in [1.165, 1.54) is 0 Å². The van der Waals surface area contributed by atoms with Gasteiger partial charge in [-0.25, -0.2) is 4.98 Å². The topological polar surface area (TPSA) is 72.7 Å². The summed E-state index contributed by atoms with van der Waals surface area (Å²) in [6.45, 7) is 5.46. The highest BCUT2D eigenvalue weighted by Crippen LogP contribution is 2.36. The summed E-state index contributed by atoms with van der Waals surface area (Å²) < 4.78 is 13.1. The van der Waals surface area contributed by atoms with E-state index in [4.69, 9.17) is 9.47 Å². The molecule has 8 heteroatoms. The van der Waals surface area contributed by atoms with Crippen molar-refractivity contribution >= 4 is 5.91 Å². The van der Waals surface area contributed by atoms with Crippen molar-refractivity contribution in [1.82, 2.24) is 24.6 Å². The highest BCUT2D eigenvalue weighted by Gasteiger charge is 2.32. The van der Waals surface area contributed by atoms with E-state index in [1.54, 1.807) is 19.8 Å². The maximum Gasteiger partial charge on any atom is 0.229 e. The van der Waals surface area contributed by atoms with Crippen molar-refractivity contribution in [2.45, 2.75) is 13.0 Å². The molecule has 1 saturated heterocycles. The van der Waals surface area contributed by atoms with E-state index in [-0.39, 0.29) is 11.8 Å². The highest BCUT2D eigenvalue weighted by molar-refractivity contribution is 5.80. The molecule has 27 heavy (non-hydrogen) atoms. The van der Waals surface area contributed by atoms with Gasteiger partial charge < -0.3 is 14.4 Å². The number of aromatic nitrogens is 3. The Hall–Kier alpha value is -2.61. The molecule has 2 aromatic rings. The van der Waals surface area contributed by atoms with Crippen LogP contribution in [0.25, 0.3) is 0 Å². The van der Waals surface area contributed by atoms with Crippen molar-refractivity contribution < 1.29 is 14.3 Å². The molecule has 144 valence electrons. The minimum absolute atomic E-state index is 0.119. The quantitative estimate of drug-likeness (QED) is 0.770. The molecular weight excluding hydrogens is 346 g/mol. The maximum absolute atomic E-state index is 12.9. The molecule has 0 radical (unpaired) electrons. The number of piperazine rings is 1. The number of rotatable bonds is 5. The number of carbonyl (C=O) groups is 1. The lowest BCUT2D eigenvalue weighted by Crippen LogP contribution is -2.52. The number of ether oxygens (including phenoxy) is 2. The molecule has 1 fully saturated rings. The lowest BCUT2D eigenvalue weighted by Gasteiger charge is -2.37. The summed E-state index contributed by atoms with van der Waals surface area (Å²) in [5.41, 5.74) is 1.05. The van der Waals surface area contributed by atoms with Gasteiger partial charge in [-0.1, -0.05) is 12.1 Å². The van der Waals surface area contributed by atoms with E-state index in [0.29, 0.717) is 13.0 Å². The number of hydrogen-bond donors (Lipinski definition) is 0. The number of hydrogen-bond acceptors (Lipinski definition) is 6. The van der Waals surface area contributed by atoms with E-state index >= 15 is 0 Å². The van der Waals surface area contributed by atoms with Crippen LogP contribution in [0.1, 0.15) is 5.56 Å². The van der Waals surface area contributed by atoms with E-state index in [2.05, 4.69) is 15.0 Å². The Balaban J connectivity index is 1.29. The second-order valence-corrected chi connectivity index (χ2v) is 6.99. The molecule has 0 spiro atoms. The number of carbonyl (C=O) groups excluding carboxylic acids is 1. The van der Waals surface area contributed by atoms with Gasteiger partial charge >= 0.3 is 0 Å². The summed E-state index contributed by atoms with van der Waals surface area (Å²) in [4.78, 5) is 21.2. The van der Waals surface area contributed by atoms with Gasteiger partial charge in [0.1, 0.15) is 19.3 Å². The van der Waals surface area contributed by atoms with Gasteiger partial charge in [0, 0.05) is 32.7 Å². The van der Waals surface area contributed by atoms with E-state index < -0.39 is 0 Å². The molecule has 1 aromatic carbocycles. The van der Waals surface area contributed by atoms with Gasteiger partial charge in [0.25, 0.3) is 0 Å². The van der Waals surface area contributed by atoms with E-state index in [1.807, 2.05) is 27.8 Å². The maximum atomic E-state index is 12.9. The van der Waals surface area contributed by atoms with Crippen molar-refractivity contribution in [3.63, 3.8) is 0 Å². The number of nitrogens with zero attached hydrogens (tertiary/aromatic N) is 5. The molecule has 2 aliphatic rings. The minimum Gasteiger partial charge on any atom is -0.493 e. The molecular formula is C19H25N5O3. The molecule has 1 atom stereocenters. The average Bonchev–Trinajstić information content (AvgIpc) is 3.25. The zero-order chi connectivity index (χ0) is 18.6. The lowest BCUT2D eigenvalue weighted by molar-refractivity contribution is -0.138. The van der Waals surface area contributed by atoms with Crippen molar-refractivity contribution in [3.05, 3.63) is 36.4 Å². The molecule has 0 bridgehead atoms. The molecule has 3 heterocycles. The first-order valence-corrected chi connectivity index (χ1v) is 9.37. The predicted molar refractivity (Wildman–Crippen MR) is 98.7 cm³/mol. The second-order valence-electron chi connectivity index (χ2n) is 6.99. The summed E-state index contributed by atoms with van der Waals surface area (Å²) in [5.74, 6) is 1.59. The zero-order valence-electron chi connectivity index (χ0n) is 15.6. The van der Waals surface area contributed by atoms with Gasteiger partial charge in [0.2, 0.25) is 5.91 Å². The molecule has 1 unspecified atom stereocenters. The smallest absolute Gasteiger partial charge is 0.229 e. The van der Waals surface area contributed by atoms with Gasteiger partial charge in [-0.2, -0.15) is 5.10 Å². The van der Waals surface area contributed by atoms with E-state index in [0.717, 1.165) is 56.3 Å². The van der Waals surface area contributed by atoms with Crippen LogP contribution < -0.4 is 9.47 Å². The van der Waals surface area contributed by atoms with Gasteiger partial charge in [-0.05, 0) is 18.1 Å². The largest absolute Gasteiger partial charge is 0.493 e. The molecule has 0 aliphatic carbocycles. The number of methoxy groups -OCH3 is 1. The summed E-state index contributed by atoms with van der Waals surface area (Å²) in [7, 11) is 1.64. The van der Waals surface area contributed by atoms with Crippen LogP contribution in [-0.2, 0) is 17.8 Å². The molecule has 2 aliphatic heterocycles. The first-order valence-electron chi connectivity index (χ1n) is 9.37. The predicted octanol–water partition coefficient (Wildman–Crippen LogP) is 0.682. The Bertz CT molecular complexity index is 772. The normalized spacial score (nSPS) is 20.0. The van der Waals surface area contributed by atoms with Crippen LogP contribution >= 0.6 is 0 Å². The fourth-order valence-corrected chi connectivity index (χ4v) is 3.76. The fourth-order valence-electron chi connectivity index (χ4n) is 3.76. The molecule has 1 aromatic heterocycles. The summed E-state index contributed by atoms with van der Waals surface area (Å²) in [6, 6.07) is 5.85. The minimum atomic E-state index is -0.119. The third kappa shape index (κ3) is 3.90. The van der Waals surface area contributed by atoms with E-state index in [9.17, 15) is 4.79 Å². The van der Waals surface area contributed by atoms with Gasteiger partial charge in [-0.3, -0.25) is 14.4 Å². The first-order chi connectivity index (χ1) is 13.2. The average molecular weight is 371 g/mol. The van der Waals surface area contributed by atoms with Crippen LogP contribution in [0.15, 0.2) is 30.9 Å². The van der Waals surface area contributed by atoms with Crippen molar-refractivity contribution in [3.8, 4) is 11.5 Å². The van der Waals surface area contributed by atoms with Crippen molar-refractivity contribution in [1.29, 1.82) is 0 Å². The highest BCUT2D eigenvalue weighted by atomic mass is 16.5. The standard InChI is InChI=1S/C19H25N5O3/c1-26-17-4-2-3-15-11-16(12-27-18(15)17)19(25)23-8-5-22(6-9-23)7-10-24-14-20-13-21-24/h2-4,13-14,16H,5-12H2,1H3. The second kappa shape index (κ2) is 7.96. The Labute approximate surface area is 158 Å². The summed E-state index contributed by atoms with van der Waals surface area (Å²) in [6.07, 6.45) is 3.99. The van der Waals surface area contributed by atoms with Crippen LogP contribution in [0, 0.1) is 5.92 Å².